The standard InChI is InChI=1S/C38H32Br2P2/c39-41(33-19-7-1-8-20-33,34-21-9-2-10-22-34,35-23-11-3-12-24-35)31-32-42(40,36-25-13-4-14-26-36,37-27-15-5-16-28-37)38-29-17-6-18-30-38/h1-32H/b32-31+. The van der Waals surface area contributed by atoms with E-state index in [9.17, 15) is 0 Å². The summed E-state index contributed by atoms with van der Waals surface area (Å²) in [6.07, 6.45) is 0. The quantitative estimate of drug-likeness (QED) is 0.138. The van der Waals surface area contributed by atoms with Gasteiger partial charge in [0.25, 0.3) is 0 Å². The molecule has 0 fully saturated rings. The van der Waals surface area contributed by atoms with Gasteiger partial charge in [-0.2, -0.15) is 0 Å². The summed E-state index contributed by atoms with van der Waals surface area (Å²) in [7, 11) is 0. The van der Waals surface area contributed by atoms with Gasteiger partial charge in [-0.25, -0.2) is 0 Å². The maximum absolute atomic E-state index is 4.66. The molecule has 0 aliphatic heterocycles. The number of benzene rings is 6. The number of hydrogen-bond donors (Lipinski definition) is 0. The molecule has 0 nitrogen and oxygen atoms in total. The molecule has 208 valence electrons. The average Bonchev–Trinajstić information content (AvgIpc) is 3.09. The van der Waals surface area contributed by atoms with Crippen molar-refractivity contribution in [3.8, 4) is 0 Å². The maximum atomic E-state index is 4.66. The summed E-state index contributed by atoms with van der Waals surface area (Å²) < 4.78 is 0. The molecular weight excluding hydrogens is 678 g/mol. The van der Waals surface area contributed by atoms with Gasteiger partial charge in [0.05, 0.1) is 0 Å². The van der Waals surface area contributed by atoms with Crippen molar-refractivity contribution in [2.75, 3.05) is 0 Å². The summed E-state index contributed by atoms with van der Waals surface area (Å²) in [4.78, 5) is 0. The van der Waals surface area contributed by atoms with E-state index in [-0.39, 0.29) is 0 Å². The van der Waals surface area contributed by atoms with Crippen molar-refractivity contribution in [3.05, 3.63) is 194 Å². The first-order valence-corrected chi connectivity index (χ1v) is 22.6. The molecule has 0 spiro atoms. The van der Waals surface area contributed by atoms with Crippen LogP contribution in [0.4, 0.5) is 0 Å². The summed E-state index contributed by atoms with van der Waals surface area (Å²) in [5.41, 5.74) is 0. The molecule has 0 radical (unpaired) electrons. The Kier molecular flexibility index (Phi) is 7.95. The molecule has 6 aromatic rings. The van der Waals surface area contributed by atoms with E-state index >= 15 is 0 Å². The monoisotopic (exact) mass is 708 g/mol. The summed E-state index contributed by atoms with van der Waals surface area (Å²) in [6, 6.07) is 65.6. The second-order valence-electron chi connectivity index (χ2n) is 10.5. The molecule has 0 aromatic heterocycles. The predicted octanol–water partition coefficient (Wildman–Crippen LogP) is 9.14. The molecule has 0 heterocycles. The molecule has 6 rings (SSSR count). The van der Waals surface area contributed by atoms with E-state index < -0.39 is 10.6 Å². The van der Waals surface area contributed by atoms with E-state index in [0.717, 1.165) is 0 Å². The van der Waals surface area contributed by atoms with Crippen LogP contribution < -0.4 is 31.8 Å². The van der Waals surface area contributed by atoms with Gasteiger partial charge in [0.15, 0.2) is 0 Å². The number of rotatable bonds is 8. The molecule has 6 aromatic carbocycles. The Morgan fingerprint density at radius 1 is 0.262 bits per heavy atom. The van der Waals surface area contributed by atoms with Gasteiger partial charge >= 0.3 is 267 Å². The third-order valence-electron chi connectivity index (χ3n) is 8.19. The molecule has 0 saturated carbocycles. The van der Waals surface area contributed by atoms with Crippen LogP contribution in [0.2, 0.25) is 0 Å². The van der Waals surface area contributed by atoms with Crippen molar-refractivity contribution in [1.29, 1.82) is 0 Å². The van der Waals surface area contributed by atoms with Gasteiger partial charge in [-0.15, -0.1) is 0 Å². The Bertz CT molecular complexity index is 1460. The molecule has 0 saturated heterocycles. The van der Waals surface area contributed by atoms with Crippen LogP contribution in [-0.4, -0.2) is 0 Å². The summed E-state index contributed by atoms with van der Waals surface area (Å²) in [5.74, 6) is 5.07. The Labute approximate surface area is 265 Å². The first-order valence-electron chi connectivity index (χ1n) is 14.0. The van der Waals surface area contributed by atoms with Crippen LogP contribution in [0.25, 0.3) is 0 Å². The molecule has 0 unspecified atom stereocenters. The summed E-state index contributed by atoms with van der Waals surface area (Å²) in [6.45, 7) is 0. The molecule has 0 amide bonds. The van der Waals surface area contributed by atoms with Crippen molar-refractivity contribution < 1.29 is 0 Å². The van der Waals surface area contributed by atoms with Crippen molar-refractivity contribution in [3.63, 3.8) is 0 Å². The van der Waals surface area contributed by atoms with Crippen LogP contribution in [-0.2, 0) is 0 Å². The van der Waals surface area contributed by atoms with Gasteiger partial charge in [-0.1, -0.05) is 0 Å². The first-order chi connectivity index (χ1) is 20.5. The van der Waals surface area contributed by atoms with E-state index in [0.29, 0.717) is 0 Å². The molecule has 0 atom stereocenters. The van der Waals surface area contributed by atoms with Gasteiger partial charge in [-0.05, 0) is 0 Å². The Morgan fingerprint density at radius 2 is 0.405 bits per heavy atom. The summed E-state index contributed by atoms with van der Waals surface area (Å²) in [5, 5.41) is 0.771. The number of hydrogen-bond acceptors (Lipinski definition) is 0. The predicted molar refractivity (Wildman–Crippen MR) is 197 cm³/mol. The summed E-state index contributed by atoms with van der Waals surface area (Å²) >= 11 is 9.31. The molecule has 0 aliphatic rings. The second kappa shape index (κ2) is 11.5. The van der Waals surface area contributed by atoms with E-state index in [1.54, 1.807) is 0 Å². The van der Waals surface area contributed by atoms with Crippen molar-refractivity contribution in [2.45, 2.75) is 0 Å². The normalized spacial score (nSPS) is 14.0. The van der Waals surface area contributed by atoms with Crippen LogP contribution in [0.3, 0.4) is 0 Å². The molecule has 42 heavy (non-hydrogen) atoms. The van der Waals surface area contributed by atoms with E-state index in [1.807, 2.05) is 0 Å². The molecule has 0 N–H and O–H groups in total. The van der Waals surface area contributed by atoms with Gasteiger partial charge in [-0.3, -0.25) is 0 Å². The van der Waals surface area contributed by atoms with Crippen molar-refractivity contribution >= 4 is 73.4 Å². The van der Waals surface area contributed by atoms with Crippen LogP contribution in [0.5, 0.6) is 0 Å². The minimum atomic E-state index is -3.38. The fraction of sp³-hybridized carbons (Fsp3) is 0. The van der Waals surface area contributed by atoms with Crippen molar-refractivity contribution in [2.24, 2.45) is 0 Å². The SMILES string of the molecule is BrP(/C=C/P(Br)(c1ccccc1)(c1ccccc1)c1ccccc1)(c1ccccc1)(c1ccccc1)c1ccccc1. The van der Waals surface area contributed by atoms with Crippen LogP contribution in [0, 0.1) is 0 Å². The van der Waals surface area contributed by atoms with Gasteiger partial charge < -0.3 is 0 Å². The zero-order valence-electron chi connectivity index (χ0n) is 23.1. The fourth-order valence-electron chi connectivity index (χ4n) is 5.98. The van der Waals surface area contributed by atoms with Crippen LogP contribution >= 0.6 is 41.6 Å². The second-order valence-corrected chi connectivity index (χ2v) is 27.3. The third-order valence-corrected chi connectivity index (χ3v) is 26.5. The molecule has 0 bridgehead atoms. The average molecular weight is 710 g/mol. The molecule has 0 aliphatic carbocycles. The Balaban J connectivity index is 1.81. The zero-order chi connectivity index (χ0) is 29.0. The first kappa shape index (κ1) is 29.0. The van der Waals surface area contributed by atoms with E-state index in [4.69, 9.17) is 0 Å². The van der Waals surface area contributed by atoms with Crippen LogP contribution in [0.1, 0.15) is 0 Å². The van der Waals surface area contributed by atoms with Crippen LogP contribution in [0.15, 0.2) is 194 Å². The Morgan fingerprint density at radius 3 is 0.548 bits per heavy atom. The zero-order valence-corrected chi connectivity index (χ0v) is 28.1. The number of halogens is 2. The van der Waals surface area contributed by atoms with E-state index in [2.05, 4.69) is 225 Å². The third kappa shape index (κ3) is 4.57. The molecule has 4 heteroatoms. The topological polar surface area (TPSA) is 0 Å². The van der Waals surface area contributed by atoms with Gasteiger partial charge in [0.1, 0.15) is 0 Å². The molecular formula is C38H32Br2P2. The van der Waals surface area contributed by atoms with Crippen molar-refractivity contribution in [1.82, 2.24) is 0 Å². The Hall–Kier alpha value is -3.12. The fourth-order valence-corrected chi connectivity index (χ4v) is 21.5. The van der Waals surface area contributed by atoms with Gasteiger partial charge in [0, 0.05) is 0 Å². The van der Waals surface area contributed by atoms with E-state index in [1.165, 1.54) is 31.8 Å². The van der Waals surface area contributed by atoms with Gasteiger partial charge in [0.2, 0.25) is 0 Å². The minimum absolute atomic E-state index is 1.25.